The van der Waals surface area contributed by atoms with E-state index >= 15 is 0 Å². The van der Waals surface area contributed by atoms with Crippen molar-refractivity contribution < 1.29 is 0 Å². The largest absolute Gasteiger partial charge is 0.368 e. The maximum absolute atomic E-state index is 5.62. The monoisotopic (exact) mass is 221 g/mol. The van der Waals surface area contributed by atoms with Crippen molar-refractivity contribution in [3.05, 3.63) is 11.8 Å². The van der Waals surface area contributed by atoms with Crippen molar-refractivity contribution in [2.24, 2.45) is 0 Å². The number of aryl methyl sites for hydroxylation is 1. The molecule has 0 aromatic carbocycles. The van der Waals surface area contributed by atoms with E-state index in [1.54, 1.807) is 0 Å². The number of nitrogens with two attached hydrogens (primary N) is 1. The van der Waals surface area contributed by atoms with Gasteiger partial charge in [0.05, 0.1) is 0 Å². The van der Waals surface area contributed by atoms with Crippen molar-refractivity contribution >= 4 is 11.8 Å². The smallest absolute Gasteiger partial charge is 0.222 e. The highest BCUT2D eigenvalue weighted by atomic mass is 15.1. The second-order valence-electron chi connectivity index (χ2n) is 4.47. The van der Waals surface area contributed by atoms with Crippen molar-refractivity contribution in [2.45, 2.75) is 25.8 Å². The number of nitrogens with zero attached hydrogens (tertiary/aromatic N) is 3. The first kappa shape index (κ1) is 11.1. The molecule has 5 nitrogen and oxygen atoms in total. The zero-order chi connectivity index (χ0) is 11.5. The molecule has 2 heterocycles. The first-order chi connectivity index (χ1) is 7.63. The van der Waals surface area contributed by atoms with Crippen LogP contribution >= 0.6 is 0 Å². The predicted octanol–water partition coefficient (Wildman–Crippen LogP) is 0.873. The van der Waals surface area contributed by atoms with Crippen LogP contribution in [0.3, 0.4) is 0 Å². The molecule has 0 unspecified atom stereocenters. The topological polar surface area (TPSA) is 67.1 Å². The molecule has 0 spiro atoms. The number of likely N-dealkylation sites (tertiary alicyclic amines) is 1. The Labute approximate surface area is 96.1 Å². The Bertz CT molecular complexity index is 337. The summed E-state index contributed by atoms with van der Waals surface area (Å²) < 4.78 is 0. The summed E-state index contributed by atoms with van der Waals surface area (Å²) in [7, 11) is 2.16. The fourth-order valence-electron chi connectivity index (χ4n) is 2.03. The predicted molar refractivity (Wildman–Crippen MR) is 65.3 cm³/mol. The van der Waals surface area contributed by atoms with Crippen LogP contribution in [0.25, 0.3) is 0 Å². The van der Waals surface area contributed by atoms with Crippen LogP contribution in [-0.2, 0) is 0 Å². The van der Waals surface area contributed by atoms with Gasteiger partial charge >= 0.3 is 0 Å². The van der Waals surface area contributed by atoms with Gasteiger partial charge in [0.15, 0.2) is 0 Å². The van der Waals surface area contributed by atoms with Crippen molar-refractivity contribution in [3.8, 4) is 0 Å². The van der Waals surface area contributed by atoms with Crippen molar-refractivity contribution in [1.29, 1.82) is 0 Å². The quantitative estimate of drug-likeness (QED) is 0.775. The zero-order valence-corrected chi connectivity index (χ0v) is 9.90. The molecule has 88 valence electrons. The lowest BCUT2D eigenvalue weighted by atomic mass is 10.1. The van der Waals surface area contributed by atoms with Gasteiger partial charge < -0.3 is 16.0 Å². The highest BCUT2D eigenvalue weighted by Gasteiger charge is 2.16. The highest BCUT2D eigenvalue weighted by molar-refractivity contribution is 5.41. The Morgan fingerprint density at radius 3 is 2.69 bits per heavy atom. The van der Waals surface area contributed by atoms with E-state index in [9.17, 15) is 0 Å². The second-order valence-corrected chi connectivity index (χ2v) is 4.47. The summed E-state index contributed by atoms with van der Waals surface area (Å²) in [5, 5.41) is 3.43. The summed E-state index contributed by atoms with van der Waals surface area (Å²) in [5.41, 5.74) is 6.52. The molecule has 0 radical (unpaired) electrons. The fourth-order valence-corrected chi connectivity index (χ4v) is 2.03. The number of aromatic nitrogens is 2. The first-order valence-corrected chi connectivity index (χ1v) is 5.70. The van der Waals surface area contributed by atoms with Gasteiger partial charge in [-0.1, -0.05) is 0 Å². The minimum Gasteiger partial charge on any atom is -0.368 e. The number of piperidine rings is 1. The second kappa shape index (κ2) is 4.65. The summed E-state index contributed by atoms with van der Waals surface area (Å²) >= 11 is 0. The SMILES string of the molecule is Cc1cc(NC2CCN(C)CC2)nc(N)n1. The molecule has 0 saturated carbocycles. The molecule has 1 aromatic rings. The van der Waals surface area contributed by atoms with Crippen LogP contribution in [0, 0.1) is 6.92 Å². The molecule has 1 aliphatic heterocycles. The number of anilines is 2. The summed E-state index contributed by atoms with van der Waals surface area (Å²) in [6.07, 6.45) is 2.30. The molecule has 3 N–H and O–H groups in total. The minimum atomic E-state index is 0.343. The van der Waals surface area contributed by atoms with Crippen molar-refractivity contribution in [1.82, 2.24) is 14.9 Å². The number of nitrogens with one attached hydrogen (secondary N) is 1. The summed E-state index contributed by atoms with van der Waals surface area (Å²) in [6, 6.07) is 2.44. The van der Waals surface area contributed by atoms with Crippen LogP contribution in [-0.4, -0.2) is 41.0 Å². The van der Waals surface area contributed by atoms with E-state index in [1.807, 2.05) is 13.0 Å². The van der Waals surface area contributed by atoms with Crippen LogP contribution in [0.15, 0.2) is 6.07 Å². The van der Waals surface area contributed by atoms with Gasteiger partial charge in [-0.25, -0.2) is 4.98 Å². The lowest BCUT2D eigenvalue weighted by molar-refractivity contribution is 0.263. The molecule has 5 heteroatoms. The van der Waals surface area contributed by atoms with E-state index in [2.05, 4.69) is 27.2 Å². The summed E-state index contributed by atoms with van der Waals surface area (Å²) in [4.78, 5) is 10.6. The molecule has 16 heavy (non-hydrogen) atoms. The molecule has 1 aliphatic rings. The molecule has 1 aromatic heterocycles. The third kappa shape index (κ3) is 2.82. The van der Waals surface area contributed by atoms with E-state index in [-0.39, 0.29) is 0 Å². The van der Waals surface area contributed by atoms with E-state index in [1.165, 1.54) is 0 Å². The third-order valence-corrected chi connectivity index (χ3v) is 2.94. The van der Waals surface area contributed by atoms with Crippen molar-refractivity contribution in [2.75, 3.05) is 31.2 Å². The maximum atomic E-state index is 5.62. The number of hydrogen-bond donors (Lipinski definition) is 2. The molecule has 0 aliphatic carbocycles. The van der Waals surface area contributed by atoms with Crippen LogP contribution < -0.4 is 11.1 Å². The van der Waals surface area contributed by atoms with Gasteiger partial charge in [0.2, 0.25) is 5.95 Å². The molecule has 0 atom stereocenters. The number of hydrogen-bond acceptors (Lipinski definition) is 5. The molecule has 2 rings (SSSR count). The van der Waals surface area contributed by atoms with Gasteiger partial charge in [0.1, 0.15) is 5.82 Å². The molecular weight excluding hydrogens is 202 g/mol. The van der Waals surface area contributed by atoms with Gasteiger partial charge in [-0.05, 0) is 39.9 Å². The average Bonchev–Trinajstić information content (AvgIpc) is 2.20. The normalized spacial score (nSPS) is 18.6. The van der Waals surface area contributed by atoms with E-state index in [0.717, 1.165) is 37.4 Å². The maximum Gasteiger partial charge on any atom is 0.222 e. The van der Waals surface area contributed by atoms with Crippen LogP contribution in [0.1, 0.15) is 18.5 Å². The van der Waals surface area contributed by atoms with Crippen molar-refractivity contribution in [3.63, 3.8) is 0 Å². The lowest BCUT2D eigenvalue weighted by Gasteiger charge is -2.29. The molecule has 0 bridgehead atoms. The third-order valence-electron chi connectivity index (χ3n) is 2.94. The van der Waals surface area contributed by atoms with E-state index in [4.69, 9.17) is 5.73 Å². The Morgan fingerprint density at radius 1 is 1.38 bits per heavy atom. The summed E-state index contributed by atoms with van der Waals surface area (Å²) in [6.45, 7) is 4.20. The summed E-state index contributed by atoms with van der Waals surface area (Å²) in [5.74, 6) is 1.19. The van der Waals surface area contributed by atoms with Crippen LogP contribution in [0.2, 0.25) is 0 Å². The Hall–Kier alpha value is -1.36. The van der Waals surface area contributed by atoms with Gasteiger partial charge in [0, 0.05) is 17.8 Å². The van der Waals surface area contributed by atoms with Gasteiger partial charge in [-0.3, -0.25) is 0 Å². The Morgan fingerprint density at radius 2 is 2.06 bits per heavy atom. The highest BCUT2D eigenvalue weighted by Crippen LogP contribution is 2.15. The van der Waals surface area contributed by atoms with Crippen LogP contribution in [0.4, 0.5) is 11.8 Å². The minimum absolute atomic E-state index is 0.343. The van der Waals surface area contributed by atoms with Gasteiger partial charge in [0.25, 0.3) is 0 Å². The van der Waals surface area contributed by atoms with Gasteiger partial charge in [-0.15, -0.1) is 0 Å². The van der Waals surface area contributed by atoms with E-state index in [0.29, 0.717) is 12.0 Å². The fraction of sp³-hybridized carbons (Fsp3) is 0.636. The standard InChI is InChI=1S/C11H19N5/c1-8-7-10(15-11(12)13-8)14-9-3-5-16(2)6-4-9/h7,9H,3-6H2,1-2H3,(H3,12,13,14,15). The number of rotatable bonds is 2. The number of nitrogen functional groups attached to an aromatic ring is 1. The Balaban J connectivity index is 1.98. The first-order valence-electron chi connectivity index (χ1n) is 5.70. The zero-order valence-electron chi connectivity index (χ0n) is 9.90. The molecule has 1 fully saturated rings. The van der Waals surface area contributed by atoms with Crippen LogP contribution in [0.5, 0.6) is 0 Å². The lowest BCUT2D eigenvalue weighted by Crippen LogP contribution is -2.36. The van der Waals surface area contributed by atoms with E-state index < -0.39 is 0 Å². The Kier molecular flexibility index (Phi) is 3.24. The average molecular weight is 221 g/mol. The molecule has 0 amide bonds. The van der Waals surface area contributed by atoms with Gasteiger partial charge in [-0.2, -0.15) is 4.98 Å². The molecule has 1 saturated heterocycles. The molecular formula is C11H19N5.